The van der Waals surface area contributed by atoms with Crippen LogP contribution in [-0.2, 0) is 0 Å². The van der Waals surface area contributed by atoms with Crippen molar-refractivity contribution in [2.24, 2.45) is 21.6 Å². The van der Waals surface area contributed by atoms with Gasteiger partial charge in [-0.1, -0.05) is 27.7 Å². The monoisotopic (exact) mass is 303 g/mol. The fourth-order valence-corrected chi connectivity index (χ4v) is 3.04. The number of nitrogens with two attached hydrogens (primary N) is 1. The molecular formula is C17H25N3O2. The summed E-state index contributed by atoms with van der Waals surface area (Å²) in [4.78, 5) is 4.63. The Bertz CT molecular complexity index is 594. The lowest BCUT2D eigenvalue weighted by molar-refractivity contribution is 0.297. The van der Waals surface area contributed by atoms with E-state index in [0.717, 1.165) is 23.6 Å². The molecule has 0 amide bonds. The number of nitrogens with one attached hydrogen (secondary N) is 1. The molecule has 22 heavy (non-hydrogen) atoms. The van der Waals surface area contributed by atoms with Crippen molar-refractivity contribution in [2.45, 2.75) is 40.2 Å². The van der Waals surface area contributed by atoms with Gasteiger partial charge < -0.3 is 20.5 Å². The molecule has 1 aliphatic heterocycles. The van der Waals surface area contributed by atoms with Gasteiger partial charge in [-0.2, -0.15) is 0 Å². The molecular weight excluding hydrogens is 278 g/mol. The van der Waals surface area contributed by atoms with Gasteiger partial charge in [-0.3, -0.25) is 0 Å². The molecule has 0 radical (unpaired) electrons. The smallest absolute Gasteiger partial charge is 0.193 e. The molecule has 0 bridgehead atoms. The summed E-state index contributed by atoms with van der Waals surface area (Å²) in [7, 11) is 0. The molecule has 1 aromatic carbocycles. The van der Waals surface area contributed by atoms with Crippen molar-refractivity contribution in [2.75, 3.05) is 18.5 Å². The fraction of sp³-hybridized carbons (Fsp3) is 0.588. The summed E-state index contributed by atoms with van der Waals surface area (Å²) >= 11 is 0. The number of benzene rings is 1. The summed E-state index contributed by atoms with van der Waals surface area (Å²) < 4.78 is 11.3. The fourth-order valence-electron chi connectivity index (χ4n) is 3.04. The number of anilines is 1. The lowest BCUT2D eigenvalue weighted by Crippen LogP contribution is -2.23. The lowest BCUT2D eigenvalue weighted by atomic mass is 10.0. The minimum atomic E-state index is 0.185. The van der Waals surface area contributed by atoms with Crippen molar-refractivity contribution in [3.8, 4) is 11.5 Å². The van der Waals surface area contributed by atoms with Crippen molar-refractivity contribution in [3.05, 3.63) is 18.2 Å². The van der Waals surface area contributed by atoms with E-state index in [4.69, 9.17) is 15.2 Å². The molecule has 0 unspecified atom stereocenters. The predicted molar refractivity (Wildman–Crippen MR) is 88.6 cm³/mol. The van der Waals surface area contributed by atoms with Crippen LogP contribution in [0.25, 0.3) is 0 Å². The molecule has 3 N–H and O–H groups in total. The highest BCUT2D eigenvalue weighted by molar-refractivity contribution is 5.93. The average molecular weight is 303 g/mol. The number of guanidine groups is 1. The van der Waals surface area contributed by atoms with Crippen molar-refractivity contribution in [1.82, 2.24) is 0 Å². The van der Waals surface area contributed by atoms with E-state index in [9.17, 15) is 0 Å². The minimum absolute atomic E-state index is 0.185. The molecule has 120 valence electrons. The number of fused-ring (bicyclic) bond motifs is 1. The van der Waals surface area contributed by atoms with E-state index in [1.165, 1.54) is 0 Å². The van der Waals surface area contributed by atoms with Gasteiger partial charge in [0.1, 0.15) is 0 Å². The van der Waals surface area contributed by atoms with Crippen LogP contribution in [0.3, 0.4) is 0 Å². The molecule has 1 aliphatic carbocycles. The number of nitrogens with zero attached hydrogens (tertiary/aromatic N) is 1. The van der Waals surface area contributed by atoms with Gasteiger partial charge in [-0.15, -0.1) is 0 Å². The Morgan fingerprint density at radius 1 is 1.14 bits per heavy atom. The van der Waals surface area contributed by atoms with Crippen LogP contribution in [-0.4, -0.2) is 25.2 Å². The molecule has 1 fully saturated rings. The van der Waals surface area contributed by atoms with Crippen molar-refractivity contribution in [3.63, 3.8) is 0 Å². The third-order valence-electron chi connectivity index (χ3n) is 5.23. The van der Waals surface area contributed by atoms with Crippen LogP contribution < -0.4 is 20.5 Å². The first-order chi connectivity index (χ1) is 10.3. The Kier molecular flexibility index (Phi) is 3.46. The first-order valence-corrected chi connectivity index (χ1v) is 7.82. The number of hydrogen-bond acceptors (Lipinski definition) is 3. The van der Waals surface area contributed by atoms with Crippen molar-refractivity contribution < 1.29 is 9.47 Å². The van der Waals surface area contributed by atoms with Crippen LogP contribution in [0.5, 0.6) is 11.5 Å². The lowest BCUT2D eigenvalue weighted by Gasteiger charge is -2.11. The number of ether oxygens (including phenoxy) is 2. The Labute approximate surface area is 131 Å². The third-order valence-corrected chi connectivity index (χ3v) is 5.23. The van der Waals surface area contributed by atoms with Gasteiger partial charge in [0, 0.05) is 18.2 Å². The maximum absolute atomic E-state index is 6.06. The number of aliphatic imine (C=N–C) groups is 1. The predicted octanol–water partition coefficient (Wildman–Crippen LogP) is 3.01. The van der Waals surface area contributed by atoms with E-state index in [-0.39, 0.29) is 16.9 Å². The normalized spacial score (nSPS) is 22.8. The zero-order chi connectivity index (χ0) is 16.0. The van der Waals surface area contributed by atoms with Gasteiger partial charge in [0.05, 0.1) is 19.3 Å². The molecule has 5 nitrogen and oxygen atoms in total. The van der Waals surface area contributed by atoms with Crippen LogP contribution in [0.2, 0.25) is 0 Å². The molecule has 1 heterocycles. The topological polar surface area (TPSA) is 68.9 Å². The van der Waals surface area contributed by atoms with Gasteiger partial charge >= 0.3 is 0 Å². The molecule has 2 aliphatic rings. The standard InChI is InChI=1S/C17H25N3O2/c1-16(2)14(17(16,3)4)20-15(18)19-11-6-7-12-13(10-11)22-9-5-8-21-12/h6-7,10,14H,5,8-9H2,1-4H3,(H3,18,19,20). The second-order valence-electron chi connectivity index (χ2n) is 7.20. The van der Waals surface area contributed by atoms with Crippen LogP contribution in [0.15, 0.2) is 23.2 Å². The van der Waals surface area contributed by atoms with E-state index >= 15 is 0 Å². The largest absolute Gasteiger partial charge is 0.490 e. The average Bonchev–Trinajstić information content (AvgIpc) is 2.96. The van der Waals surface area contributed by atoms with Crippen molar-refractivity contribution in [1.29, 1.82) is 0 Å². The highest BCUT2D eigenvalue weighted by Gasteiger charge is 2.65. The maximum Gasteiger partial charge on any atom is 0.193 e. The molecule has 0 spiro atoms. The molecule has 1 aromatic rings. The highest BCUT2D eigenvalue weighted by atomic mass is 16.5. The Balaban J connectivity index is 1.72. The molecule has 5 heteroatoms. The summed E-state index contributed by atoms with van der Waals surface area (Å²) in [5.74, 6) is 1.98. The highest BCUT2D eigenvalue weighted by Crippen LogP contribution is 2.64. The molecule has 0 atom stereocenters. The Hall–Kier alpha value is -1.91. The molecule has 0 aromatic heterocycles. The number of rotatable bonds is 2. The van der Waals surface area contributed by atoms with Crippen LogP contribution in [0.4, 0.5) is 5.69 Å². The van der Waals surface area contributed by atoms with Crippen molar-refractivity contribution >= 4 is 11.6 Å². The summed E-state index contributed by atoms with van der Waals surface area (Å²) in [6, 6.07) is 5.99. The quantitative estimate of drug-likeness (QED) is 0.651. The van der Waals surface area contributed by atoms with E-state index in [2.05, 4.69) is 38.0 Å². The van der Waals surface area contributed by atoms with Gasteiger partial charge in [0.15, 0.2) is 17.5 Å². The second-order valence-corrected chi connectivity index (χ2v) is 7.20. The maximum atomic E-state index is 6.06. The summed E-state index contributed by atoms with van der Waals surface area (Å²) in [5, 5.41) is 3.15. The first-order valence-electron chi connectivity index (χ1n) is 7.82. The van der Waals surface area contributed by atoms with Crippen LogP contribution in [0.1, 0.15) is 34.1 Å². The summed E-state index contributed by atoms with van der Waals surface area (Å²) in [6.45, 7) is 10.3. The zero-order valence-electron chi connectivity index (χ0n) is 13.8. The molecule has 3 rings (SSSR count). The summed E-state index contributed by atoms with van der Waals surface area (Å²) in [5.41, 5.74) is 7.29. The van der Waals surface area contributed by atoms with Gasteiger partial charge in [-0.05, 0) is 23.0 Å². The SMILES string of the molecule is CC1(C)C(N=C(N)Nc2ccc3c(c2)OCCCO3)C1(C)C. The summed E-state index contributed by atoms with van der Waals surface area (Å²) in [6.07, 6.45) is 0.896. The zero-order valence-corrected chi connectivity index (χ0v) is 13.8. The third kappa shape index (κ3) is 2.49. The van der Waals surface area contributed by atoms with Gasteiger partial charge in [0.2, 0.25) is 0 Å². The van der Waals surface area contributed by atoms with E-state index < -0.39 is 0 Å². The van der Waals surface area contributed by atoms with E-state index in [0.29, 0.717) is 19.2 Å². The van der Waals surface area contributed by atoms with Crippen LogP contribution >= 0.6 is 0 Å². The van der Waals surface area contributed by atoms with Gasteiger partial charge in [0.25, 0.3) is 0 Å². The Morgan fingerprint density at radius 2 is 1.77 bits per heavy atom. The van der Waals surface area contributed by atoms with E-state index in [1.54, 1.807) is 0 Å². The molecule has 0 saturated heterocycles. The first kappa shape index (κ1) is 15.0. The van der Waals surface area contributed by atoms with Crippen LogP contribution in [0, 0.1) is 10.8 Å². The second kappa shape index (κ2) is 5.07. The van der Waals surface area contributed by atoms with Gasteiger partial charge in [-0.25, -0.2) is 4.99 Å². The minimum Gasteiger partial charge on any atom is -0.490 e. The molecule has 1 saturated carbocycles. The Morgan fingerprint density at radius 3 is 2.41 bits per heavy atom. The number of hydrogen-bond donors (Lipinski definition) is 2. The van der Waals surface area contributed by atoms with E-state index in [1.807, 2.05) is 18.2 Å².